The number of fused-ring (bicyclic) bond motifs is 2. The van der Waals surface area contributed by atoms with Crippen LogP contribution < -0.4 is 5.84 Å². The zero-order valence-electron chi connectivity index (χ0n) is 11.2. The van der Waals surface area contributed by atoms with Gasteiger partial charge in [-0.25, -0.2) is 0 Å². The lowest BCUT2D eigenvalue weighted by Gasteiger charge is -2.05. The lowest BCUT2D eigenvalue weighted by Crippen LogP contribution is -2.04. The van der Waals surface area contributed by atoms with E-state index in [-0.39, 0.29) is 0 Å². The minimum absolute atomic E-state index is 1.05. The van der Waals surface area contributed by atoms with E-state index >= 15 is 0 Å². The lowest BCUT2D eigenvalue weighted by molar-refractivity contribution is 0.978. The third kappa shape index (κ3) is 1.46. The fourth-order valence-electron chi connectivity index (χ4n) is 2.89. The molecule has 4 aromatic rings. The topological polar surface area (TPSA) is 35.9 Å². The summed E-state index contributed by atoms with van der Waals surface area (Å²) < 4.78 is 3.89. The van der Waals surface area contributed by atoms with Crippen LogP contribution in [0.15, 0.2) is 60.8 Å². The SMILES string of the molecule is Cn1c(-c2ccc3c(ccn3N)c2)cc2ccccc21. The van der Waals surface area contributed by atoms with Gasteiger partial charge in [-0.05, 0) is 35.9 Å². The Morgan fingerprint density at radius 1 is 0.850 bits per heavy atom. The standard InChI is InChI=1S/C17H15N3/c1-19-15-5-3-2-4-12(15)11-17(19)13-6-7-16-14(10-13)8-9-20(16)18/h2-11H,18H2,1H3. The van der Waals surface area contributed by atoms with Crippen molar-refractivity contribution < 1.29 is 0 Å². The van der Waals surface area contributed by atoms with Gasteiger partial charge in [-0.15, -0.1) is 0 Å². The molecule has 0 saturated carbocycles. The number of nitrogen functional groups attached to an aromatic ring is 1. The number of hydrogen-bond donors (Lipinski definition) is 1. The van der Waals surface area contributed by atoms with Gasteiger partial charge in [-0.2, -0.15) is 0 Å². The summed E-state index contributed by atoms with van der Waals surface area (Å²) in [5.41, 5.74) is 4.73. The zero-order valence-corrected chi connectivity index (χ0v) is 11.2. The lowest BCUT2D eigenvalue weighted by atomic mass is 10.1. The molecule has 0 saturated heterocycles. The van der Waals surface area contributed by atoms with Crippen LogP contribution >= 0.6 is 0 Å². The van der Waals surface area contributed by atoms with Crippen LogP contribution in [0.4, 0.5) is 0 Å². The van der Waals surface area contributed by atoms with Crippen molar-refractivity contribution in [3.63, 3.8) is 0 Å². The predicted molar refractivity (Wildman–Crippen MR) is 84.0 cm³/mol. The molecule has 2 aromatic heterocycles. The highest BCUT2D eigenvalue weighted by Crippen LogP contribution is 2.29. The Bertz CT molecular complexity index is 928. The molecule has 0 fully saturated rings. The molecule has 0 aliphatic rings. The van der Waals surface area contributed by atoms with Gasteiger partial charge in [0.2, 0.25) is 0 Å². The van der Waals surface area contributed by atoms with Crippen molar-refractivity contribution in [1.82, 2.24) is 9.24 Å². The number of para-hydroxylation sites is 1. The third-order valence-corrected chi connectivity index (χ3v) is 3.97. The first-order valence-corrected chi connectivity index (χ1v) is 6.65. The van der Waals surface area contributed by atoms with Crippen molar-refractivity contribution >= 4 is 21.8 Å². The van der Waals surface area contributed by atoms with E-state index in [0.717, 1.165) is 10.9 Å². The van der Waals surface area contributed by atoms with Gasteiger partial charge in [-0.1, -0.05) is 24.3 Å². The van der Waals surface area contributed by atoms with Crippen molar-refractivity contribution in [2.45, 2.75) is 0 Å². The van der Waals surface area contributed by atoms with Gasteiger partial charge >= 0.3 is 0 Å². The molecule has 0 bridgehead atoms. The summed E-state index contributed by atoms with van der Waals surface area (Å²) in [7, 11) is 2.11. The second kappa shape index (κ2) is 3.90. The molecular weight excluding hydrogens is 246 g/mol. The van der Waals surface area contributed by atoms with Crippen LogP contribution in [0.1, 0.15) is 0 Å². The summed E-state index contributed by atoms with van der Waals surface area (Å²) in [6, 6.07) is 19.1. The quantitative estimate of drug-likeness (QED) is 0.523. The Hall–Kier alpha value is -2.68. The van der Waals surface area contributed by atoms with Gasteiger partial charge < -0.3 is 10.4 Å². The van der Waals surface area contributed by atoms with E-state index in [1.807, 2.05) is 12.3 Å². The fourth-order valence-corrected chi connectivity index (χ4v) is 2.89. The second-order valence-electron chi connectivity index (χ2n) is 5.14. The average molecular weight is 261 g/mol. The Labute approximate surface area is 116 Å². The largest absolute Gasteiger partial charge is 0.344 e. The van der Waals surface area contributed by atoms with Gasteiger partial charge in [0, 0.05) is 35.2 Å². The maximum Gasteiger partial charge on any atom is 0.0690 e. The fraction of sp³-hybridized carbons (Fsp3) is 0.0588. The first-order chi connectivity index (χ1) is 9.74. The molecule has 2 heterocycles. The van der Waals surface area contributed by atoms with Gasteiger partial charge in [-0.3, -0.25) is 4.68 Å². The number of aromatic nitrogens is 2. The summed E-state index contributed by atoms with van der Waals surface area (Å²) in [4.78, 5) is 0. The van der Waals surface area contributed by atoms with E-state index < -0.39 is 0 Å². The van der Waals surface area contributed by atoms with Crippen LogP contribution in [0, 0.1) is 0 Å². The molecule has 0 spiro atoms. The van der Waals surface area contributed by atoms with E-state index in [4.69, 9.17) is 5.84 Å². The van der Waals surface area contributed by atoms with Crippen LogP contribution in [-0.4, -0.2) is 9.24 Å². The third-order valence-electron chi connectivity index (χ3n) is 3.97. The summed E-state index contributed by atoms with van der Waals surface area (Å²) >= 11 is 0. The molecule has 0 aliphatic carbocycles. The Morgan fingerprint density at radius 2 is 1.65 bits per heavy atom. The number of nitrogens with zero attached hydrogens (tertiary/aromatic N) is 2. The van der Waals surface area contributed by atoms with Crippen LogP contribution in [0.3, 0.4) is 0 Å². The smallest absolute Gasteiger partial charge is 0.0690 e. The van der Waals surface area contributed by atoms with Gasteiger partial charge in [0.15, 0.2) is 0 Å². The van der Waals surface area contributed by atoms with E-state index in [1.165, 1.54) is 22.2 Å². The molecule has 98 valence electrons. The zero-order chi connectivity index (χ0) is 13.7. The molecule has 0 unspecified atom stereocenters. The van der Waals surface area contributed by atoms with Crippen molar-refractivity contribution in [2.24, 2.45) is 7.05 Å². The minimum atomic E-state index is 1.05. The molecule has 2 aromatic carbocycles. The molecule has 2 N–H and O–H groups in total. The van der Waals surface area contributed by atoms with Crippen LogP contribution in [0.25, 0.3) is 33.1 Å². The average Bonchev–Trinajstić information content (AvgIpc) is 3.01. The Morgan fingerprint density at radius 3 is 2.50 bits per heavy atom. The second-order valence-corrected chi connectivity index (χ2v) is 5.14. The van der Waals surface area contributed by atoms with Crippen LogP contribution in [0.5, 0.6) is 0 Å². The highest BCUT2D eigenvalue weighted by Gasteiger charge is 2.08. The number of rotatable bonds is 1. The van der Waals surface area contributed by atoms with Crippen molar-refractivity contribution in [2.75, 3.05) is 5.84 Å². The van der Waals surface area contributed by atoms with Crippen LogP contribution in [0.2, 0.25) is 0 Å². The summed E-state index contributed by atoms with van der Waals surface area (Å²) in [5, 5.41) is 2.43. The van der Waals surface area contributed by atoms with Gasteiger partial charge in [0.05, 0.1) is 5.52 Å². The number of aryl methyl sites for hydroxylation is 1. The van der Waals surface area contributed by atoms with Gasteiger partial charge in [0.25, 0.3) is 0 Å². The predicted octanol–water partition coefficient (Wildman–Crippen LogP) is 3.51. The summed E-state index contributed by atoms with van der Waals surface area (Å²) in [6.45, 7) is 0. The molecule has 3 nitrogen and oxygen atoms in total. The monoisotopic (exact) mass is 261 g/mol. The Kier molecular flexibility index (Phi) is 2.18. The molecule has 4 rings (SSSR count). The number of benzene rings is 2. The van der Waals surface area contributed by atoms with Crippen molar-refractivity contribution in [1.29, 1.82) is 0 Å². The first kappa shape index (κ1) is 11.2. The molecule has 0 atom stereocenters. The van der Waals surface area contributed by atoms with Crippen molar-refractivity contribution in [3.05, 3.63) is 60.8 Å². The van der Waals surface area contributed by atoms with Crippen LogP contribution in [-0.2, 0) is 7.05 Å². The maximum atomic E-state index is 5.87. The first-order valence-electron chi connectivity index (χ1n) is 6.65. The maximum absolute atomic E-state index is 5.87. The van der Waals surface area contributed by atoms with E-state index in [2.05, 4.69) is 60.1 Å². The number of nitrogens with two attached hydrogens (primary N) is 1. The molecule has 0 aliphatic heterocycles. The highest BCUT2D eigenvalue weighted by atomic mass is 15.3. The molecule has 0 amide bonds. The summed E-state index contributed by atoms with van der Waals surface area (Å²) in [5.74, 6) is 5.87. The minimum Gasteiger partial charge on any atom is -0.344 e. The van der Waals surface area contributed by atoms with E-state index in [0.29, 0.717) is 0 Å². The number of hydrogen-bond acceptors (Lipinski definition) is 1. The summed E-state index contributed by atoms with van der Waals surface area (Å²) in [6.07, 6.45) is 1.88. The van der Waals surface area contributed by atoms with E-state index in [9.17, 15) is 0 Å². The molecule has 20 heavy (non-hydrogen) atoms. The Balaban J connectivity index is 1.98. The van der Waals surface area contributed by atoms with Crippen molar-refractivity contribution in [3.8, 4) is 11.3 Å². The van der Waals surface area contributed by atoms with E-state index in [1.54, 1.807) is 4.68 Å². The highest BCUT2D eigenvalue weighted by molar-refractivity contribution is 5.90. The normalized spacial score (nSPS) is 11.4. The van der Waals surface area contributed by atoms with Gasteiger partial charge in [0.1, 0.15) is 0 Å². The molecular formula is C17H15N3. The molecule has 0 radical (unpaired) electrons. The molecule has 3 heteroatoms.